The number of halogens is 1. The summed E-state index contributed by atoms with van der Waals surface area (Å²) in [5.74, 6) is -0.171. The summed E-state index contributed by atoms with van der Waals surface area (Å²) < 4.78 is 20.2. The Kier molecular flexibility index (Phi) is 7.30. The number of piperidine rings is 1. The van der Waals surface area contributed by atoms with E-state index in [1.54, 1.807) is 38.2 Å². The van der Waals surface area contributed by atoms with E-state index < -0.39 is 11.4 Å². The van der Waals surface area contributed by atoms with Gasteiger partial charge in [-0.2, -0.15) is 5.26 Å². The largest absolute Gasteiger partial charge is 0.504 e. The molecule has 1 aromatic heterocycles. The summed E-state index contributed by atoms with van der Waals surface area (Å²) in [7, 11) is 0. The number of pyridine rings is 1. The highest BCUT2D eigenvalue weighted by molar-refractivity contribution is 5.97. The van der Waals surface area contributed by atoms with Crippen molar-refractivity contribution in [3.63, 3.8) is 0 Å². The summed E-state index contributed by atoms with van der Waals surface area (Å²) in [4.78, 5) is 10.4. The lowest BCUT2D eigenvalue weighted by molar-refractivity contribution is 0.0277. The van der Waals surface area contributed by atoms with Gasteiger partial charge in [0.05, 0.1) is 17.7 Å². The van der Waals surface area contributed by atoms with Crippen molar-refractivity contribution in [1.29, 1.82) is 5.26 Å². The fraction of sp³-hybridized carbons (Fsp3) is 0.321. The second-order valence-corrected chi connectivity index (χ2v) is 9.75. The molecule has 0 spiro atoms. The van der Waals surface area contributed by atoms with Crippen LogP contribution in [0.15, 0.2) is 42.6 Å². The fourth-order valence-corrected chi connectivity index (χ4v) is 4.27. The zero-order valence-electron chi connectivity index (χ0n) is 20.7. The Morgan fingerprint density at radius 2 is 1.95 bits per heavy atom. The van der Waals surface area contributed by atoms with Crippen LogP contribution >= 0.6 is 0 Å². The Morgan fingerprint density at radius 1 is 1.24 bits per heavy atom. The zero-order valence-corrected chi connectivity index (χ0v) is 20.7. The van der Waals surface area contributed by atoms with Crippen LogP contribution in [-0.2, 0) is 0 Å². The van der Waals surface area contributed by atoms with E-state index in [-0.39, 0.29) is 35.4 Å². The van der Waals surface area contributed by atoms with Gasteiger partial charge in [0.25, 0.3) is 0 Å². The molecule has 4 rings (SSSR count). The Bertz CT molecular complexity index is 1400. The van der Waals surface area contributed by atoms with Crippen molar-refractivity contribution >= 4 is 11.5 Å². The van der Waals surface area contributed by atoms with E-state index in [1.165, 1.54) is 18.2 Å². The third kappa shape index (κ3) is 5.64. The van der Waals surface area contributed by atoms with Crippen molar-refractivity contribution in [3.8, 4) is 39.8 Å². The number of nitriles is 1. The second-order valence-electron chi connectivity index (χ2n) is 9.75. The normalized spacial score (nSPS) is 14.2. The number of hydrogen-bond donors (Lipinski definition) is 3. The van der Waals surface area contributed by atoms with Gasteiger partial charge >= 0.3 is 0 Å². The van der Waals surface area contributed by atoms with Gasteiger partial charge in [-0.15, -0.1) is 0 Å². The number of rotatable bonds is 6. The first kappa shape index (κ1) is 25.9. The summed E-state index contributed by atoms with van der Waals surface area (Å²) in [6, 6.07) is 10.9. The first-order valence-electron chi connectivity index (χ1n) is 11.9. The van der Waals surface area contributed by atoms with Crippen molar-refractivity contribution < 1.29 is 19.3 Å². The van der Waals surface area contributed by atoms with Gasteiger partial charge in [0.15, 0.2) is 11.5 Å². The summed E-state index contributed by atoms with van der Waals surface area (Å²) in [5.41, 5.74) is 7.04. The second kappa shape index (κ2) is 10.4. The van der Waals surface area contributed by atoms with E-state index in [4.69, 9.17) is 17.0 Å². The number of aromatic hydroxyl groups is 1. The first-order valence-corrected chi connectivity index (χ1v) is 11.9. The molecule has 0 radical (unpaired) electrons. The van der Waals surface area contributed by atoms with E-state index in [9.17, 15) is 19.9 Å². The molecule has 2 heterocycles. The van der Waals surface area contributed by atoms with Gasteiger partial charge < -0.3 is 25.6 Å². The Morgan fingerprint density at radius 3 is 2.54 bits per heavy atom. The summed E-state index contributed by atoms with van der Waals surface area (Å²) in [6.45, 7) is 12.5. The number of aliphatic hydroxyl groups is 1. The summed E-state index contributed by atoms with van der Waals surface area (Å²) in [5, 5.41) is 29.7. The highest BCUT2D eigenvalue weighted by atomic mass is 19.1. The molecule has 0 amide bonds. The lowest BCUT2D eigenvalue weighted by Crippen LogP contribution is -2.40. The summed E-state index contributed by atoms with van der Waals surface area (Å²) >= 11 is 0. The number of ether oxygens (including phenoxy) is 1. The topological polar surface area (TPSA) is 120 Å². The predicted octanol–water partition coefficient (Wildman–Crippen LogP) is 4.76. The monoisotopic (exact) mass is 501 g/mol. The third-order valence-electron chi connectivity index (χ3n) is 6.21. The third-order valence-corrected chi connectivity index (χ3v) is 6.21. The molecule has 0 bridgehead atoms. The highest BCUT2D eigenvalue weighted by Crippen LogP contribution is 2.46. The maximum atomic E-state index is 14.7. The van der Waals surface area contributed by atoms with Gasteiger partial charge in [-0.25, -0.2) is 9.24 Å². The molecule has 0 aliphatic carbocycles. The molecule has 0 atom stereocenters. The van der Waals surface area contributed by atoms with Gasteiger partial charge in [0.2, 0.25) is 5.69 Å². The molecule has 4 N–H and O–H groups in total. The SMILES string of the molecule is [C-]#[N+]c1c(N2CCC(N)CC2)ncc(-c2ccc(OCC(C)(C)O)c(O)c2)c1-c1ccc(C#N)c(F)c1. The zero-order chi connectivity index (χ0) is 26.7. The molecule has 1 aliphatic heterocycles. The molecular weight excluding hydrogens is 473 g/mol. The van der Waals surface area contributed by atoms with Crippen LogP contribution < -0.4 is 15.4 Å². The first-order chi connectivity index (χ1) is 17.6. The minimum absolute atomic E-state index is 0.0205. The average molecular weight is 502 g/mol. The van der Waals surface area contributed by atoms with Crippen LogP contribution in [0.3, 0.4) is 0 Å². The molecule has 0 unspecified atom stereocenters. The van der Waals surface area contributed by atoms with E-state index >= 15 is 0 Å². The van der Waals surface area contributed by atoms with Crippen LogP contribution in [0.2, 0.25) is 0 Å². The smallest absolute Gasteiger partial charge is 0.236 e. The van der Waals surface area contributed by atoms with Crippen LogP contribution in [0.4, 0.5) is 15.9 Å². The standard InChI is InChI=1S/C28H28FN5O3/c1-28(2,36)16-37-24-7-6-17(13-23(24)35)21-15-33-27(34-10-8-20(31)9-11-34)26(32-3)25(21)18-4-5-19(14-30)22(29)12-18/h4-7,12-13,15,20,35-36H,8-11,16,31H2,1-2H3. The van der Waals surface area contributed by atoms with Crippen LogP contribution in [-0.4, -0.2) is 46.5 Å². The molecule has 1 aliphatic rings. The molecular formula is C28H28FN5O3. The fourth-order valence-electron chi connectivity index (χ4n) is 4.27. The van der Waals surface area contributed by atoms with Gasteiger partial charge in [-0.1, -0.05) is 12.1 Å². The number of phenols is 1. The maximum Gasteiger partial charge on any atom is 0.236 e. The lowest BCUT2D eigenvalue weighted by Gasteiger charge is -2.32. The number of anilines is 1. The van der Waals surface area contributed by atoms with Crippen LogP contribution in [0, 0.1) is 23.7 Å². The number of benzene rings is 2. The Balaban J connectivity index is 1.86. The van der Waals surface area contributed by atoms with Gasteiger partial charge in [0, 0.05) is 30.9 Å². The number of phenolic OH excluding ortho intramolecular Hbond substituents is 1. The van der Waals surface area contributed by atoms with E-state index in [2.05, 4.69) is 9.83 Å². The minimum atomic E-state index is -1.08. The molecule has 3 aromatic rings. The number of nitrogens with zero attached hydrogens (tertiary/aromatic N) is 4. The van der Waals surface area contributed by atoms with Crippen LogP contribution in [0.5, 0.6) is 11.5 Å². The molecule has 37 heavy (non-hydrogen) atoms. The van der Waals surface area contributed by atoms with Gasteiger partial charge in [-0.3, -0.25) is 4.98 Å². The molecule has 1 saturated heterocycles. The summed E-state index contributed by atoms with van der Waals surface area (Å²) in [6.07, 6.45) is 3.14. The Labute approximate surface area is 215 Å². The van der Waals surface area contributed by atoms with Gasteiger partial charge in [0.1, 0.15) is 24.3 Å². The maximum absolute atomic E-state index is 14.7. The molecule has 8 nitrogen and oxygen atoms in total. The van der Waals surface area contributed by atoms with Crippen molar-refractivity contribution in [3.05, 3.63) is 65.4 Å². The van der Waals surface area contributed by atoms with Crippen molar-refractivity contribution in [2.24, 2.45) is 5.73 Å². The van der Waals surface area contributed by atoms with Crippen LogP contribution in [0.25, 0.3) is 27.1 Å². The molecule has 0 saturated carbocycles. The number of nitrogens with two attached hydrogens (primary N) is 1. The van der Waals surface area contributed by atoms with Crippen molar-refractivity contribution in [2.45, 2.75) is 38.3 Å². The van der Waals surface area contributed by atoms with Crippen LogP contribution in [0.1, 0.15) is 32.3 Å². The highest BCUT2D eigenvalue weighted by Gasteiger charge is 2.25. The average Bonchev–Trinajstić information content (AvgIpc) is 2.87. The van der Waals surface area contributed by atoms with Gasteiger partial charge in [-0.05, 0) is 67.6 Å². The van der Waals surface area contributed by atoms with E-state index in [0.717, 1.165) is 12.8 Å². The Hall–Kier alpha value is -4.18. The minimum Gasteiger partial charge on any atom is -0.504 e. The molecule has 9 heteroatoms. The predicted molar refractivity (Wildman–Crippen MR) is 139 cm³/mol. The lowest BCUT2D eigenvalue weighted by atomic mass is 9.93. The quantitative estimate of drug-likeness (QED) is 0.417. The molecule has 190 valence electrons. The number of aromatic nitrogens is 1. The molecule has 2 aromatic carbocycles. The van der Waals surface area contributed by atoms with E-state index in [1.807, 2.05) is 11.0 Å². The molecule has 1 fully saturated rings. The number of hydrogen-bond acceptors (Lipinski definition) is 7. The van der Waals surface area contributed by atoms with Crippen molar-refractivity contribution in [2.75, 3.05) is 24.6 Å². The van der Waals surface area contributed by atoms with E-state index in [0.29, 0.717) is 41.2 Å². The van der Waals surface area contributed by atoms with Crippen molar-refractivity contribution in [1.82, 2.24) is 4.98 Å².